The van der Waals surface area contributed by atoms with Gasteiger partial charge >= 0.3 is 21.7 Å². The molecule has 4 aromatic rings. The SMILES string of the molecule is Cc1cc[c-]([Si](c2cccc(C(C)C)c2)(c2cccc(C(C)C)c2)c2cccc(C(C)C)c2)c1C.[Cl-].[Cl-].[Cl-].[Ti+4]. The zero-order chi connectivity index (χ0) is 25.3. The number of rotatable bonds is 7. The van der Waals surface area contributed by atoms with E-state index in [4.69, 9.17) is 0 Å². The van der Waals surface area contributed by atoms with Crippen LogP contribution >= 0.6 is 0 Å². The summed E-state index contributed by atoms with van der Waals surface area (Å²) in [6.07, 6.45) is 0. The molecule has 0 bridgehead atoms. The second-order valence-corrected chi connectivity index (χ2v) is 14.9. The summed E-state index contributed by atoms with van der Waals surface area (Å²) >= 11 is 0. The van der Waals surface area contributed by atoms with Gasteiger partial charge in [-0.25, -0.2) is 6.07 Å². The number of halogens is 3. The molecule has 39 heavy (non-hydrogen) atoms. The molecule has 0 aromatic heterocycles. The quantitative estimate of drug-likeness (QED) is 0.123. The smallest absolute Gasteiger partial charge is 1.00 e. The van der Waals surface area contributed by atoms with Crippen molar-refractivity contribution in [3.8, 4) is 0 Å². The molecule has 0 N–H and O–H groups in total. The second kappa shape index (κ2) is 15.7. The zero-order valence-electron chi connectivity index (χ0n) is 24.4. The molecule has 0 spiro atoms. The number of benzene rings is 3. The topological polar surface area (TPSA) is 0 Å². The number of aryl methyl sites for hydroxylation is 1. The Morgan fingerprint density at radius 2 is 0.872 bits per heavy atom. The Balaban J connectivity index is 0.00000361. The summed E-state index contributed by atoms with van der Waals surface area (Å²) in [5.41, 5.74) is 7.08. The van der Waals surface area contributed by atoms with E-state index in [0.717, 1.165) is 0 Å². The van der Waals surface area contributed by atoms with Crippen molar-refractivity contribution in [3.63, 3.8) is 0 Å². The first kappa shape index (κ1) is 37.8. The molecule has 0 unspecified atom stereocenters. The molecule has 0 aliphatic heterocycles. The largest absolute Gasteiger partial charge is 4.00 e. The summed E-state index contributed by atoms with van der Waals surface area (Å²) in [4.78, 5) is 0. The van der Waals surface area contributed by atoms with Crippen LogP contribution < -0.4 is 58.0 Å². The van der Waals surface area contributed by atoms with Gasteiger partial charge in [0.2, 0.25) is 0 Å². The maximum atomic E-state index is 2.52. The average molecular weight is 632 g/mol. The van der Waals surface area contributed by atoms with Crippen LogP contribution in [-0.2, 0) is 21.7 Å². The van der Waals surface area contributed by atoms with E-state index in [9.17, 15) is 0 Å². The minimum Gasteiger partial charge on any atom is -1.00 e. The van der Waals surface area contributed by atoms with Crippen molar-refractivity contribution < 1.29 is 58.9 Å². The fourth-order valence-corrected chi connectivity index (χ4v) is 10.7. The Kier molecular flexibility index (Phi) is 15.2. The van der Waals surface area contributed by atoms with Gasteiger partial charge in [0.1, 0.15) is 8.07 Å². The van der Waals surface area contributed by atoms with Crippen molar-refractivity contribution in [1.29, 1.82) is 0 Å². The summed E-state index contributed by atoms with van der Waals surface area (Å²) in [5.74, 6) is 1.48. The summed E-state index contributed by atoms with van der Waals surface area (Å²) in [7, 11) is -2.56. The van der Waals surface area contributed by atoms with E-state index in [2.05, 4.69) is 140 Å². The molecule has 0 aliphatic rings. The Bertz CT molecular complexity index is 1200. The van der Waals surface area contributed by atoms with Crippen LogP contribution in [0.2, 0.25) is 0 Å². The van der Waals surface area contributed by atoms with Crippen molar-refractivity contribution in [1.82, 2.24) is 0 Å². The Hall–Kier alpha value is -1.19. The van der Waals surface area contributed by atoms with Gasteiger partial charge in [-0.1, -0.05) is 144 Å². The van der Waals surface area contributed by atoms with Crippen LogP contribution in [0.25, 0.3) is 0 Å². The van der Waals surface area contributed by atoms with E-state index in [1.807, 2.05) is 0 Å². The minimum atomic E-state index is -2.56. The molecule has 0 radical (unpaired) electrons. The van der Waals surface area contributed by atoms with Crippen molar-refractivity contribution in [2.75, 3.05) is 0 Å². The first-order valence-corrected chi connectivity index (χ1v) is 15.2. The van der Waals surface area contributed by atoms with Gasteiger partial charge in [0.15, 0.2) is 0 Å². The molecule has 0 saturated heterocycles. The third kappa shape index (κ3) is 7.37. The van der Waals surface area contributed by atoms with Crippen molar-refractivity contribution >= 4 is 28.8 Å². The van der Waals surface area contributed by atoms with Crippen LogP contribution in [-0.4, -0.2) is 8.07 Å². The van der Waals surface area contributed by atoms with Gasteiger partial charge in [-0.15, -0.1) is 5.19 Å². The summed E-state index contributed by atoms with van der Waals surface area (Å²) in [6, 6.07) is 33.3. The van der Waals surface area contributed by atoms with Crippen molar-refractivity contribution in [3.05, 3.63) is 113 Å². The molecular weight excluding hydrogens is 591 g/mol. The van der Waals surface area contributed by atoms with Crippen LogP contribution in [0.1, 0.15) is 87.1 Å². The van der Waals surface area contributed by atoms with Gasteiger partial charge in [-0.3, -0.25) is 0 Å². The zero-order valence-corrected chi connectivity index (χ0v) is 29.3. The number of hydrogen-bond acceptors (Lipinski definition) is 0. The first-order chi connectivity index (χ1) is 16.7. The molecule has 206 valence electrons. The fraction of sp³-hybridized carbons (Fsp3) is 0.324. The van der Waals surface area contributed by atoms with Gasteiger partial charge < -0.3 is 37.2 Å². The van der Waals surface area contributed by atoms with E-state index in [1.165, 1.54) is 48.6 Å². The van der Waals surface area contributed by atoms with Crippen LogP contribution in [0.15, 0.2) is 84.9 Å². The third-order valence-electron chi connectivity index (χ3n) is 7.86. The monoisotopic (exact) mass is 630 g/mol. The van der Waals surface area contributed by atoms with Crippen molar-refractivity contribution in [2.45, 2.75) is 73.1 Å². The third-order valence-corrected chi connectivity index (χ3v) is 12.7. The Morgan fingerprint density at radius 1 is 0.538 bits per heavy atom. The van der Waals surface area contributed by atoms with E-state index < -0.39 is 8.07 Å². The van der Waals surface area contributed by atoms with Gasteiger partial charge in [-0.2, -0.15) is 17.2 Å². The van der Waals surface area contributed by atoms with Gasteiger partial charge in [0, 0.05) is 0 Å². The Labute approximate surface area is 271 Å². The molecule has 0 aliphatic carbocycles. The summed E-state index contributed by atoms with van der Waals surface area (Å²) < 4.78 is 0. The van der Waals surface area contributed by atoms with E-state index >= 15 is 0 Å². The fourth-order valence-electron chi connectivity index (χ4n) is 5.44. The van der Waals surface area contributed by atoms with Crippen LogP contribution in [0.5, 0.6) is 0 Å². The summed E-state index contributed by atoms with van der Waals surface area (Å²) in [6.45, 7) is 18.4. The van der Waals surface area contributed by atoms with Gasteiger partial charge in [0.25, 0.3) is 0 Å². The normalized spacial score (nSPS) is 10.9. The molecule has 0 saturated carbocycles. The molecule has 0 atom stereocenters. The number of hydrogen-bond donors (Lipinski definition) is 0. The molecule has 4 aromatic carbocycles. The van der Waals surface area contributed by atoms with Gasteiger partial charge in [0.05, 0.1) is 0 Å². The van der Waals surface area contributed by atoms with Crippen LogP contribution in [0.3, 0.4) is 0 Å². The predicted molar refractivity (Wildman–Crippen MR) is 157 cm³/mol. The molecule has 4 rings (SSSR count). The predicted octanol–water partition coefficient (Wildman–Crippen LogP) is -2.22. The van der Waals surface area contributed by atoms with Crippen molar-refractivity contribution in [2.24, 2.45) is 0 Å². The maximum Gasteiger partial charge on any atom is 4.00 e. The first-order valence-electron chi connectivity index (χ1n) is 13.2. The van der Waals surface area contributed by atoms with E-state index in [-0.39, 0.29) is 58.9 Å². The second-order valence-electron chi connectivity index (χ2n) is 11.1. The molecule has 0 fully saturated rings. The molecular formula is C34H41Cl3SiTi. The van der Waals surface area contributed by atoms with Gasteiger partial charge in [-0.05, 0) is 34.4 Å². The van der Waals surface area contributed by atoms with Crippen LogP contribution in [0.4, 0.5) is 0 Å². The molecule has 0 nitrogen and oxygen atoms in total. The Morgan fingerprint density at radius 3 is 1.13 bits per heavy atom. The summed E-state index contributed by atoms with van der Waals surface area (Å²) in [5, 5.41) is 5.98. The molecule has 5 heteroatoms. The molecule has 0 heterocycles. The standard InChI is InChI=1S/C34H41Si.3ClH.Ti/c1-23(2)28-12-9-15-31(20-28)35(34-19-18-26(7)27(34)8,32-16-10-13-29(21-32)24(3)4)33-17-11-14-30(22-33)25(5)6;;;;/h9-25H,1-8H3;3*1H;/q-1;;;;+4/p-3. The maximum absolute atomic E-state index is 2.56. The van der Waals surface area contributed by atoms with Crippen LogP contribution in [0, 0.1) is 13.8 Å². The molecule has 0 amide bonds. The van der Waals surface area contributed by atoms with E-state index in [1.54, 1.807) is 0 Å². The average Bonchev–Trinajstić information content (AvgIpc) is 3.18. The van der Waals surface area contributed by atoms with E-state index in [0.29, 0.717) is 17.8 Å². The minimum absolute atomic E-state index is 0.